The fourth-order valence-electron chi connectivity index (χ4n) is 3.38. The molecule has 0 bridgehead atoms. The molecule has 0 radical (unpaired) electrons. The van der Waals surface area contributed by atoms with Crippen molar-refractivity contribution < 1.29 is 18.0 Å². The van der Waals surface area contributed by atoms with Gasteiger partial charge >= 0.3 is 6.18 Å². The summed E-state index contributed by atoms with van der Waals surface area (Å²) in [6.45, 7) is 0.923. The van der Waals surface area contributed by atoms with Crippen molar-refractivity contribution in [3.8, 4) is 0 Å². The summed E-state index contributed by atoms with van der Waals surface area (Å²) in [5.74, 6) is 0.0943. The number of hydrogen-bond donors (Lipinski definition) is 1. The van der Waals surface area contributed by atoms with E-state index < -0.39 is 11.7 Å². The van der Waals surface area contributed by atoms with Gasteiger partial charge in [0.25, 0.3) is 0 Å². The van der Waals surface area contributed by atoms with E-state index in [0.29, 0.717) is 25.2 Å². The molecule has 1 amide bonds. The highest BCUT2D eigenvalue weighted by Gasteiger charge is 2.33. The molecule has 3 rings (SSSR count). The maximum absolute atomic E-state index is 12.8. The molecule has 7 heteroatoms. The smallest absolute Gasteiger partial charge is 0.338 e. The third-order valence-electron chi connectivity index (χ3n) is 4.76. The monoisotopic (exact) mass is 339 g/mol. The summed E-state index contributed by atoms with van der Waals surface area (Å²) in [7, 11) is 0. The second kappa shape index (κ2) is 6.55. The van der Waals surface area contributed by atoms with Gasteiger partial charge in [-0.2, -0.15) is 13.2 Å². The Balaban J connectivity index is 1.68. The van der Waals surface area contributed by atoms with Gasteiger partial charge in [0, 0.05) is 31.2 Å². The summed E-state index contributed by atoms with van der Waals surface area (Å²) >= 11 is 0. The SMILES string of the molecule is NC1CCC(C(=O)N2CC=C(c3cc(C(F)(F)F)ccn3)CC2)C1. The van der Waals surface area contributed by atoms with Crippen molar-refractivity contribution in [3.05, 3.63) is 35.7 Å². The van der Waals surface area contributed by atoms with Crippen LogP contribution in [0.5, 0.6) is 0 Å². The third-order valence-corrected chi connectivity index (χ3v) is 4.76. The van der Waals surface area contributed by atoms with Crippen molar-refractivity contribution in [1.82, 2.24) is 9.88 Å². The standard InChI is InChI=1S/C17H20F3N3O/c18-17(19,20)13-3-6-22-15(10-13)11-4-7-23(8-5-11)16(24)12-1-2-14(21)9-12/h3-4,6,10,12,14H,1-2,5,7-9,21H2. The predicted octanol–water partition coefficient (Wildman–Crippen LogP) is 2.84. The van der Waals surface area contributed by atoms with Crippen LogP contribution < -0.4 is 5.73 Å². The van der Waals surface area contributed by atoms with Crippen molar-refractivity contribution in [2.24, 2.45) is 11.7 Å². The summed E-state index contributed by atoms with van der Waals surface area (Å²) in [4.78, 5) is 18.3. The van der Waals surface area contributed by atoms with Crippen LogP contribution in [-0.2, 0) is 11.0 Å². The first-order valence-corrected chi connectivity index (χ1v) is 8.11. The maximum atomic E-state index is 12.8. The third kappa shape index (κ3) is 3.61. The minimum absolute atomic E-state index is 0.0124. The molecule has 1 aromatic heterocycles. The van der Waals surface area contributed by atoms with Gasteiger partial charge in [-0.3, -0.25) is 9.78 Å². The lowest BCUT2D eigenvalue weighted by molar-refractivity contribution is -0.137. The van der Waals surface area contributed by atoms with Crippen LogP contribution in [0.2, 0.25) is 0 Å². The van der Waals surface area contributed by atoms with E-state index >= 15 is 0 Å². The fraction of sp³-hybridized carbons (Fsp3) is 0.529. The van der Waals surface area contributed by atoms with Gasteiger partial charge in [-0.05, 0) is 43.4 Å². The number of carbonyl (C=O) groups excluding carboxylic acids is 1. The molecule has 0 aromatic carbocycles. The van der Waals surface area contributed by atoms with Gasteiger partial charge in [-0.15, -0.1) is 0 Å². The topological polar surface area (TPSA) is 59.2 Å². The zero-order valence-corrected chi connectivity index (χ0v) is 13.2. The quantitative estimate of drug-likeness (QED) is 0.901. The zero-order valence-electron chi connectivity index (χ0n) is 13.2. The van der Waals surface area contributed by atoms with Gasteiger partial charge in [0.05, 0.1) is 11.3 Å². The largest absolute Gasteiger partial charge is 0.416 e. The van der Waals surface area contributed by atoms with Crippen LogP contribution in [0.1, 0.15) is 36.9 Å². The Morgan fingerprint density at radius 3 is 2.71 bits per heavy atom. The number of rotatable bonds is 2. The Morgan fingerprint density at radius 2 is 2.12 bits per heavy atom. The van der Waals surface area contributed by atoms with Crippen LogP contribution in [0.15, 0.2) is 24.4 Å². The van der Waals surface area contributed by atoms with Crippen LogP contribution in [0.25, 0.3) is 5.57 Å². The number of aromatic nitrogens is 1. The second-order valence-electron chi connectivity index (χ2n) is 6.46. The van der Waals surface area contributed by atoms with Crippen LogP contribution in [0.4, 0.5) is 13.2 Å². The van der Waals surface area contributed by atoms with Crippen LogP contribution in [0, 0.1) is 5.92 Å². The lowest BCUT2D eigenvalue weighted by Gasteiger charge is -2.29. The number of pyridine rings is 1. The Hall–Kier alpha value is -1.89. The van der Waals surface area contributed by atoms with E-state index in [-0.39, 0.29) is 17.9 Å². The molecule has 130 valence electrons. The zero-order chi connectivity index (χ0) is 17.3. The number of nitrogens with zero attached hydrogens (tertiary/aromatic N) is 2. The van der Waals surface area contributed by atoms with Gasteiger partial charge in [0.1, 0.15) is 0 Å². The number of amides is 1. The van der Waals surface area contributed by atoms with Crippen molar-refractivity contribution >= 4 is 11.5 Å². The molecule has 2 N–H and O–H groups in total. The van der Waals surface area contributed by atoms with Crippen molar-refractivity contribution in [1.29, 1.82) is 0 Å². The predicted molar refractivity (Wildman–Crippen MR) is 83.7 cm³/mol. The van der Waals surface area contributed by atoms with E-state index in [4.69, 9.17) is 5.73 Å². The molecule has 1 saturated carbocycles. The molecule has 1 fully saturated rings. The molecular weight excluding hydrogens is 319 g/mol. The van der Waals surface area contributed by atoms with Crippen molar-refractivity contribution in [2.75, 3.05) is 13.1 Å². The molecule has 0 saturated heterocycles. The maximum Gasteiger partial charge on any atom is 0.416 e. The lowest BCUT2D eigenvalue weighted by atomic mass is 10.00. The van der Waals surface area contributed by atoms with E-state index in [9.17, 15) is 18.0 Å². The summed E-state index contributed by atoms with van der Waals surface area (Å²) in [6.07, 6.45) is 1.53. The minimum atomic E-state index is -4.38. The highest BCUT2D eigenvalue weighted by molar-refractivity contribution is 5.80. The fourth-order valence-corrected chi connectivity index (χ4v) is 3.38. The van der Waals surface area contributed by atoms with Gasteiger partial charge in [0.15, 0.2) is 0 Å². The molecule has 24 heavy (non-hydrogen) atoms. The first kappa shape index (κ1) is 17.0. The number of nitrogens with two attached hydrogens (primary N) is 1. The minimum Gasteiger partial charge on any atom is -0.338 e. The van der Waals surface area contributed by atoms with Gasteiger partial charge in [0.2, 0.25) is 5.91 Å². The highest BCUT2D eigenvalue weighted by Crippen LogP contribution is 2.32. The van der Waals surface area contributed by atoms with E-state index in [1.807, 2.05) is 0 Å². The molecular formula is C17H20F3N3O. The first-order chi connectivity index (χ1) is 11.3. The molecule has 2 aliphatic rings. The molecule has 2 heterocycles. The van der Waals surface area contributed by atoms with E-state index in [1.54, 1.807) is 11.0 Å². The number of carbonyl (C=O) groups is 1. The molecule has 4 nitrogen and oxygen atoms in total. The van der Waals surface area contributed by atoms with Crippen LogP contribution in [-0.4, -0.2) is 34.9 Å². The van der Waals surface area contributed by atoms with Crippen LogP contribution >= 0.6 is 0 Å². The normalized spacial score (nSPS) is 24.8. The average molecular weight is 339 g/mol. The Morgan fingerprint density at radius 1 is 1.33 bits per heavy atom. The average Bonchev–Trinajstić information content (AvgIpc) is 3.00. The molecule has 2 unspecified atom stereocenters. The van der Waals surface area contributed by atoms with E-state index in [0.717, 1.165) is 37.0 Å². The molecule has 1 aliphatic carbocycles. The molecule has 1 aliphatic heterocycles. The lowest BCUT2D eigenvalue weighted by Crippen LogP contribution is -2.38. The first-order valence-electron chi connectivity index (χ1n) is 8.11. The Bertz CT molecular complexity index is 657. The van der Waals surface area contributed by atoms with E-state index in [1.165, 1.54) is 6.20 Å². The summed E-state index contributed by atoms with van der Waals surface area (Å²) in [5.41, 5.74) is 6.25. The number of hydrogen-bond acceptors (Lipinski definition) is 3. The van der Waals surface area contributed by atoms with Gasteiger partial charge in [-0.25, -0.2) is 0 Å². The van der Waals surface area contributed by atoms with Crippen molar-refractivity contribution in [2.45, 2.75) is 37.9 Å². The summed E-state index contributed by atoms with van der Waals surface area (Å²) in [5, 5.41) is 0. The Kier molecular flexibility index (Phi) is 4.62. The number of halogens is 3. The number of alkyl halides is 3. The van der Waals surface area contributed by atoms with Crippen molar-refractivity contribution in [3.63, 3.8) is 0 Å². The summed E-state index contributed by atoms with van der Waals surface area (Å²) < 4.78 is 38.4. The van der Waals surface area contributed by atoms with Crippen LogP contribution in [0.3, 0.4) is 0 Å². The van der Waals surface area contributed by atoms with Gasteiger partial charge in [-0.1, -0.05) is 6.08 Å². The molecule has 1 aromatic rings. The van der Waals surface area contributed by atoms with E-state index in [2.05, 4.69) is 4.98 Å². The Labute approximate surface area is 138 Å². The molecule has 0 spiro atoms. The second-order valence-corrected chi connectivity index (χ2v) is 6.46. The summed E-state index contributed by atoms with van der Waals surface area (Å²) in [6, 6.07) is 2.13. The molecule has 2 atom stereocenters. The highest BCUT2D eigenvalue weighted by atomic mass is 19.4. The van der Waals surface area contributed by atoms with Gasteiger partial charge < -0.3 is 10.6 Å².